The average Bonchev–Trinajstić information content (AvgIpc) is 3.09. The molecule has 4 aromatic heterocycles. The molecule has 0 aliphatic carbocycles. The number of aryl methyl sites for hydroxylation is 1. The molecule has 0 saturated carbocycles. The Labute approximate surface area is 179 Å². The number of pyridine rings is 3. The lowest BCUT2D eigenvalue weighted by molar-refractivity contribution is -0.141. The Balaban J connectivity index is 1.96. The van der Waals surface area contributed by atoms with Crippen LogP contribution in [-0.2, 0) is 23.1 Å². The third kappa shape index (κ3) is 3.70. The number of nitrogens with zero attached hydrogens (tertiary/aromatic N) is 5. The van der Waals surface area contributed by atoms with Crippen LogP contribution in [0.5, 0.6) is 0 Å². The summed E-state index contributed by atoms with van der Waals surface area (Å²) in [6.45, 7) is 1.44. The monoisotopic (exact) mass is 465 g/mol. The van der Waals surface area contributed by atoms with Crippen molar-refractivity contribution in [2.24, 2.45) is 7.05 Å². The Morgan fingerprint density at radius 3 is 2.50 bits per heavy atom. The second kappa shape index (κ2) is 7.62. The quantitative estimate of drug-likeness (QED) is 0.423. The fourth-order valence-corrected chi connectivity index (χ4v) is 4.27. The molecule has 0 radical (unpaired) electrons. The zero-order valence-corrected chi connectivity index (χ0v) is 17.5. The van der Waals surface area contributed by atoms with Crippen molar-refractivity contribution in [1.29, 1.82) is 0 Å². The molecule has 4 heterocycles. The minimum Gasteiger partial charge on any atom is -0.324 e. The summed E-state index contributed by atoms with van der Waals surface area (Å²) < 4.78 is 80.3. The number of halogens is 4. The molecule has 7 nitrogen and oxygen atoms in total. The van der Waals surface area contributed by atoms with Gasteiger partial charge in [-0.3, -0.25) is 9.97 Å². The van der Waals surface area contributed by atoms with E-state index in [1.54, 1.807) is 0 Å². The number of aromatic nitrogens is 5. The molecule has 0 N–H and O–H groups in total. The molecule has 0 aliphatic heterocycles. The van der Waals surface area contributed by atoms with E-state index in [1.165, 1.54) is 43.1 Å². The van der Waals surface area contributed by atoms with Gasteiger partial charge in [0.05, 0.1) is 34.1 Å². The molecule has 4 rings (SSSR count). The average molecular weight is 465 g/mol. The standard InChI is InChI=1S/C20H15F4N5O2S/c1-3-32(30,31)16-6-11(12-4-5-25-9-13(12)21)8-27-18(16)19-28-14-7-17(20(22,23)24)26-10-15(14)29(19)2/h4-10H,3H2,1-2H3. The summed E-state index contributed by atoms with van der Waals surface area (Å²) in [5.41, 5.74) is -0.615. The molecule has 0 aliphatic rings. The first-order valence-electron chi connectivity index (χ1n) is 9.25. The van der Waals surface area contributed by atoms with E-state index >= 15 is 0 Å². The summed E-state index contributed by atoms with van der Waals surface area (Å²) >= 11 is 0. The lowest BCUT2D eigenvalue weighted by Gasteiger charge is -2.11. The Kier molecular flexibility index (Phi) is 5.19. The summed E-state index contributed by atoms with van der Waals surface area (Å²) in [5.74, 6) is -0.890. The molecule has 0 amide bonds. The van der Waals surface area contributed by atoms with Crippen LogP contribution < -0.4 is 0 Å². The minimum atomic E-state index is -4.66. The van der Waals surface area contributed by atoms with E-state index in [4.69, 9.17) is 0 Å². The largest absolute Gasteiger partial charge is 0.433 e. The van der Waals surface area contributed by atoms with Gasteiger partial charge < -0.3 is 4.57 Å². The van der Waals surface area contributed by atoms with Gasteiger partial charge in [-0.2, -0.15) is 13.2 Å². The molecule has 166 valence electrons. The molecule has 0 aromatic carbocycles. The van der Waals surface area contributed by atoms with E-state index in [0.717, 1.165) is 18.5 Å². The second-order valence-electron chi connectivity index (χ2n) is 6.88. The van der Waals surface area contributed by atoms with Crippen LogP contribution >= 0.6 is 0 Å². The highest BCUT2D eigenvalue weighted by molar-refractivity contribution is 7.91. The van der Waals surface area contributed by atoms with Crippen molar-refractivity contribution < 1.29 is 26.0 Å². The third-order valence-electron chi connectivity index (χ3n) is 4.92. The van der Waals surface area contributed by atoms with Crippen LogP contribution in [0.4, 0.5) is 17.6 Å². The van der Waals surface area contributed by atoms with Gasteiger partial charge >= 0.3 is 6.18 Å². The van der Waals surface area contributed by atoms with Gasteiger partial charge in [0, 0.05) is 30.6 Å². The van der Waals surface area contributed by atoms with Gasteiger partial charge in [0.15, 0.2) is 15.7 Å². The van der Waals surface area contributed by atoms with Crippen molar-refractivity contribution >= 4 is 20.9 Å². The summed E-state index contributed by atoms with van der Waals surface area (Å²) in [4.78, 5) is 15.3. The van der Waals surface area contributed by atoms with E-state index < -0.39 is 27.5 Å². The summed E-state index contributed by atoms with van der Waals surface area (Å²) in [7, 11) is -2.34. The Hall–Kier alpha value is -3.41. The zero-order valence-electron chi connectivity index (χ0n) is 16.7. The van der Waals surface area contributed by atoms with Crippen LogP contribution in [0.15, 0.2) is 47.9 Å². The fraction of sp³-hybridized carbons (Fsp3) is 0.200. The minimum absolute atomic E-state index is 0.0178. The van der Waals surface area contributed by atoms with Crippen molar-refractivity contribution in [1.82, 2.24) is 24.5 Å². The summed E-state index contributed by atoms with van der Waals surface area (Å²) in [6, 6.07) is 3.44. The molecule has 0 spiro atoms. The summed E-state index contributed by atoms with van der Waals surface area (Å²) in [5, 5.41) is 0. The van der Waals surface area contributed by atoms with Crippen molar-refractivity contribution in [3.8, 4) is 22.6 Å². The Morgan fingerprint density at radius 1 is 1.09 bits per heavy atom. The van der Waals surface area contributed by atoms with E-state index in [2.05, 4.69) is 19.9 Å². The molecule has 0 bridgehead atoms. The zero-order chi connectivity index (χ0) is 23.3. The van der Waals surface area contributed by atoms with E-state index in [1.807, 2.05) is 0 Å². The van der Waals surface area contributed by atoms with E-state index in [9.17, 15) is 26.0 Å². The molecule has 4 aromatic rings. The van der Waals surface area contributed by atoms with Gasteiger partial charge in [-0.05, 0) is 18.2 Å². The maximum atomic E-state index is 14.2. The normalized spacial score (nSPS) is 12.4. The van der Waals surface area contributed by atoms with Crippen molar-refractivity contribution in [2.45, 2.75) is 18.0 Å². The Bertz CT molecular complexity index is 1450. The maximum absolute atomic E-state index is 14.2. The smallest absolute Gasteiger partial charge is 0.324 e. The molecular weight excluding hydrogens is 450 g/mol. The van der Waals surface area contributed by atoms with Crippen molar-refractivity contribution in [3.05, 3.63) is 54.5 Å². The van der Waals surface area contributed by atoms with Gasteiger partial charge in [0.2, 0.25) is 0 Å². The van der Waals surface area contributed by atoms with Gasteiger partial charge in [-0.1, -0.05) is 6.92 Å². The predicted molar refractivity (Wildman–Crippen MR) is 108 cm³/mol. The number of sulfone groups is 1. The first-order chi connectivity index (χ1) is 15.0. The molecule has 32 heavy (non-hydrogen) atoms. The molecule has 0 atom stereocenters. The molecule has 0 saturated heterocycles. The first-order valence-corrected chi connectivity index (χ1v) is 10.9. The third-order valence-corrected chi connectivity index (χ3v) is 6.66. The number of hydrogen-bond acceptors (Lipinski definition) is 6. The van der Waals surface area contributed by atoms with Crippen LogP contribution in [0.2, 0.25) is 0 Å². The highest BCUT2D eigenvalue weighted by Crippen LogP contribution is 2.34. The van der Waals surface area contributed by atoms with Crippen LogP contribution in [0.25, 0.3) is 33.7 Å². The number of imidazole rings is 1. The number of hydrogen-bond donors (Lipinski definition) is 0. The van der Waals surface area contributed by atoms with Crippen LogP contribution in [-0.4, -0.2) is 38.7 Å². The van der Waals surface area contributed by atoms with Crippen molar-refractivity contribution in [2.75, 3.05) is 5.75 Å². The maximum Gasteiger partial charge on any atom is 0.433 e. The molecule has 0 fully saturated rings. The number of fused-ring (bicyclic) bond motifs is 1. The highest BCUT2D eigenvalue weighted by Gasteiger charge is 2.33. The highest BCUT2D eigenvalue weighted by atomic mass is 32.2. The lowest BCUT2D eigenvalue weighted by Crippen LogP contribution is -2.09. The molecule has 12 heteroatoms. The van der Waals surface area contributed by atoms with Crippen LogP contribution in [0, 0.1) is 5.82 Å². The first kappa shape index (κ1) is 21.8. The molecular formula is C20H15F4N5O2S. The van der Waals surface area contributed by atoms with Gasteiger partial charge in [-0.15, -0.1) is 0 Å². The van der Waals surface area contributed by atoms with Crippen molar-refractivity contribution in [3.63, 3.8) is 0 Å². The topological polar surface area (TPSA) is 90.6 Å². The fourth-order valence-electron chi connectivity index (χ4n) is 3.22. The van der Waals surface area contributed by atoms with Gasteiger partial charge in [-0.25, -0.2) is 22.8 Å². The second-order valence-corrected chi connectivity index (χ2v) is 9.13. The Morgan fingerprint density at radius 2 is 1.84 bits per heavy atom. The number of rotatable bonds is 4. The van der Waals surface area contributed by atoms with E-state index in [-0.39, 0.29) is 44.3 Å². The molecule has 0 unspecified atom stereocenters. The summed E-state index contributed by atoms with van der Waals surface area (Å²) in [6.07, 6.45) is -0.00734. The SMILES string of the molecule is CCS(=O)(=O)c1cc(-c2ccncc2F)cnc1-c1nc2cc(C(F)(F)F)ncc2n1C. The lowest BCUT2D eigenvalue weighted by atomic mass is 10.1. The van der Waals surface area contributed by atoms with Crippen LogP contribution in [0.3, 0.4) is 0 Å². The predicted octanol–water partition coefficient (Wildman–Crippen LogP) is 4.04. The number of alkyl halides is 3. The van der Waals surface area contributed by atoms with E-state index in [0.29, 0.717) is 0 Å². The van der Waals surface area contributed by atoms with Crippen LogP contribution in [0.1, 0.15) is 12.6 Å². The van der Waals surface area contributed by atoms with Gasteiger partial charge in [0.1, 0.15) is 17.2 Å². The van der Waals surface area contributed by atoms with Gasteiger partial charge in [0.25, 0.3) is 0 Å².